The lowest BCUT2D eigenvalue weighted by Gasteiger charge is -2.34. The molecule has 3 aromatic carbocycles. The highest BCUT2D eigenvalue weighted by atomic mass is 16.5. The van der Waals surface area contributed by atoms with Crippen molar-refractivity contribution in [3.05, 3.63) is 88.8 Å². The van der Waals surface area contributed by atoms with Gasteiger partial charge >= 0.3 is 0 Å². The minimum Gasteiger partial charge on any atom is -0.508 e. The molecule has 1 aliphatic rings. The van der Waals surface area contributed by atoms with Crippen LogP contribution < -0.4 is 10.2 Å². The summed E-state index contributed by atoms with van der Waals surface area (Å²) in [6.45, 7) is 7.10. The summed E-state index contributed by atoms with van der Waals surface area (Å²) in [5.74, 6) is 0.421. The molecule has 0 spiro atoms. The van der Waals surface area contributed by atoms with Crippen LogP contribution in [0.25, 0.3) is 22.1 Å². The van der Waals surface area contributed by atoms with E-state index in [1.165, 1.54) is 30.0 Å². The molecule has 1 aromatic heterocycles. The summed E-state index contributed by atoms with van der Waals surface area (Å²) in [6, 6.07) is 20.0. The minimum atomic E-state index is -0.332. The van der Waals surface area contributed by atoms with E-state index in [2.05, 4.69) is 40.1 Å². The van der Waals surface area contributed by atoms with Crippen LogP contribution in [0.15, 0.2) is 82.2 Å². The van der Waals surface area contributed by atoms with Gasteiger partial charge in [-0.1, -0.05) is 42.5 Å². The maximum atomic E-state index is 13.0. The van der Waals surface area contributed by atoms with Gasteiger partial charge in [-0.3, -0.25) is 9.69 Å². The molecule has 0 unspecified atom stereocenters. The SMILES string of the molecule is O=c1c(-c2ccc(O)cc2)coc2cc(OCCCCCN3CCN(Cc4ccccc4)CC3)cc(O)c12. The maximum absolute atomic E-state index is 13.0. The highest BCUT2D eigenvalue weighted by molar-refractivity contribution is 5.88. The minimum absolute atomic E-state index is 0.112. The number of unbranched alkanes of at least 4 members (excludes halogenated alkanes) is 2. The molecule has 2 heterocycles. The van der Waals surface area contributed by atoms with Crippen LogP contribution in [0.2, 0.25) is 0 Å². The van der Waals surface area contributed by atoms with Crippen molar-refractivity contribution in [1.29, 1.82) is 0 Å². The number of hydrogen-bond acceptors (Lipinski definition) is 7. The standard InChI is InChI=1S/C31H34N2O5/c34-25-11-9-24(10-12-25)27-22-38-29-20-26(19-28(35)30(29)31(27)36)37-18-6-2-5-13-32-14-16-33(17-15-32)21-23-7-3-1-4-8-23/h1,3-4,7-12,19-20,22,34-35H,2,5-6,13-18,21H2. The van der Waals surface area contributed by atoms with Crippen LogP contribution >= 0.6 is 0 Å². The zero-order chi connectivity index (χ0) is 26.3. The van der Waals surface area contributed by atoms with Crippen molar-refractivity contribution in [2.24, 2.45) is 0 Å². The van der Waals surface area contributed by atoms with Gasteiger partial charge in [-0.2, -0.15) is 0 Å². The number of rotatable bonds is 10. The molecule has 0 atom stereocenters. The van der Waals surface area contributed by atoms with Crippen molar-refractivity contribution in [1.82, 2.24) is 9.80 Å². The Kier molecular flexibility index (Phi) is 8.26. The fourth-order valence-corrected chi connectivity index (χ4v) is 4.95. The molecule has 0 radical (unpaired) electrons. The van der Waals surface area contributed by atoms with E-state index in [9.17, 15) is 15.0 Å². The number of ether oxygens (including phenoxy) is 1. The van der Waals surface area contributed by atoms with Crippen molar-refractivity contribution >= 4 is 11.0 Å². The molecule has 5 rings (SSSR count). The van der Waals surface area contributed by atoms with Crippen LogP contribution in [0.5, 0.6) is 17.2 Å². The molecule has 0 amide bonds. The van der Waals surface area contributed by atoms with Gasteiger partial charge in [0.1, 0.15) is 34.5 Å². The topological polar surface area (TPSA) is 86.4 Å². The van der Waals surface area contributed by atoms with Crippen molar-refractivity contribution in [2.75, 3.05) is 39.3 Å². The Morgan fingerprint density at radius 3 is 2.34 bits per heavy atom. The second-order valence-corrected chi connectivity index (χ2v) is 9.85. The molecule has 1 fully saturated rings. The number of piperazine rings is 1. The van der Waals surface area contributed by atoms with E-state index in [4.69, 9.17) is 9.15 Å². The van der Waals surface area contributed by atoms with Crippen LogP contribution in [-0.4, -0.2) is 59.3 Å². The summed E-state index contributed by atoms with van der Waals surface area (Å²) < 4.78 is 11.5. The average molecular weight is 515 g/mol. The number of fused-ring (bicyclic) bond motifs is 1. The Bertz CT molecular complexity index is 1390. The quantitative estimate of drug-likeness (QED) is 0.280. The normalized spacial score (nSPS) is 14.6. The van der Waals surface area contributed by atoms with E-state index in [0.29, 0.717) is 23.5 Å². The van der Waals surface area contributed by atoms with Crippen LogP contribution in [0.3, 0.4) is 0 Å². The van der Waals surface area contributed by atoms with Crippen molar-refractivity contribution < 1.29 is 19.4 Å². The Hall–Kier alpha value is -3.81. The molecule has 4 aromatic rings. The summed E-state index contributed by atoms with van der Waals surface area (Å²) in [4.78, 5) is 18.0. The van der Waals surface area contributed by atoms with E-state index >= 15 is 0 Å². The third-order valence-corrected chi connectivity index (χ3v) is 7.11. The van der Waals surface area contributed by atoms with Gasteiger partial charge in [0.25, 0.3) is 0 Å². The summed E-state index contributed by atoms with van der Waals surface area (Å²) in [6.07, 6.45) is 4.48. The largest absolute Gasteiger partial charge is 0.508 e. The first-order chi connectivity index (χ1) is 18.6. The molecular weight excluding hydrogens is 480 g/mol. The van der Waals surface area contributed by atoms with Gasteiger partial charge in [0.2, 0.25) is 5.43 Å². The zero-order valence-electron chi connectivity index (χ0n) is 21.5. The number of phenolic OH excluding ortho intramolecular Hbond substituents is 2. The van der Waals surface area contributed by atoms with Gasteiger partial charge in [-0.25, -0.2) is 0 Å². The first-order valence-electron chi connectivity index (χ1n) is 13.3. The Morgan fingerprint density at radius 2 is 1.58 bits per heavy atom. The molecular formula is C31H34N2O5. The summed E-state index contributed by atoms with van der Waals surface area (Å²) in [5.41, 5.74) is 2.24. The van der Waals surface area contributed by atoms with Gasteiger partial charge in [-0.15, -0.1) is 0 Å². The molecule has 7 nitrogen and oxygen atoms in total. The van der Waals surface area contributed by atoms with Crippen LogP contribution in [0.4, 0.5) is 0 Å². The third kappa shape index (κ3) is 6.36. The molecule has 198 valence electrons. The Labute approximate surface area is 222 Å². The van der Waals surface area contributed by atoms with Crippen molar-refractivity contribution in [2.45, 2.75) is 25.8 Å². The predicted octanol–water partition coefficient (Wildman–Crippen LogP) is 5.24. The lowest BCUT2D eigenvalue weighted by molar-refractivity contribution is 0.125. The van der Waals surface area contributed by atoms with Crippen LogP contribution in [-0.2, 0) is 6.54 Å². The molecule has 38 heavy (non-hydrogen) atoms. The van der Waals surface area contributed by atoms with Crippen molar-refractivity contribution in [3.63, 3.8) is 0 Å². The Morgan fingerprint density at radius 1 is 0.842 bits per heavy atom. The van der Waals surface area contributed by atoms with Crippen LogP contribution in [0.1, 0.15) is 24.8 Å². The number of benzene rings is 3. The number of aromatic hydroxyl groups is 2. The second kappa shape index (κ2) is 12.2. The molecule has 0 aliphatic carbocycles. The molecule has 1 aliphatic heterocycles. The summed E-state index contributed by atoms with van der Waals surface area (Å²) >= 11 is 0. The molecule has 1 saturated heterocycles. The monoisotopic (exact) mass is 514 g/mol. The smallest absolute Gasteiger partial charge is 0.204 e. The van der Waals surface area contributed by atoms with E-state index in [0.717, 1.165) is 58.5 Å². The first-order valence-corrected chi connectivity index (χ1v) is 13.3. The predicted molar refractivity (Wildman–Crippen MR) is 149 cm³/mol. The molecule has 7 heteroatoms. The lowest BCUT2D eigenvalue weighted by atomic mass is 10.0. The average Bonchev–Trinajstić information content (AvgIpc) is 2.93. The molecule has 0 bridgehead atoms. The van der Waals surface area contributed by atoms with Crippen molar-refractivity contribution in [3.8, 4) is 28.4 Å². The van der Waals surface area contributed by atoms with E-state index in [-0.39, 0.29) is 27.9 Å². The van der Waals surface area contributed by atoms with Crippen LogP contribution in [0, 0.1) is 0 Å². The Balaban J connectivity index is 1.06. The number of nitrogens with zero attached hydrogens (tertiary/aromatic N) is 2. The van der Waals surface area contributed by atoms with Gasteiger partial charge in [0.15, 0.2) is 0 Å². The fourth-order valence-electron chi connectivity index (χ4n) is 4.95. The fraction of sp³-hybridized carbons (Fsp3) is 0.323. The highest BCUT2D eigenvalue weighted by Crippen LogP contribution is 2.30. The second-order valence-electron chi connectivity index (χ2n) is 9.85. The van der Waals surface area contributed by atoms with E-state index in [1.54, 1.807) is 18.2 Å². The lowest BCUT2D eigenvalue weighted by Crippen LogP contribution is -2.46. The zero-order valence-corrected chi connectivity index (χ0v) is 21.5. The highest BCUT2D eigenvalue weighted by Gasteiger charge is 2.17. The molecule has 2 N–H and O–H groups in total. The first kappa shape index (κ1) is 25.8. The summed E-state index contributed by atoms with van der Waals surface area (Å²) in [5, 5.41) is 20.2. The van der Waals surface area contributed by atoms with Gasteiger partial charge in [0, 0.05) is 44.9 Å². The number of phenols is 2. The van der Waals surface area contributed by atoms with E-state index in [1.807, 2.05) is 0 Å². The molecule has 0 saturated carbocycles. The third-order valence-electron chi connectivity index (χ3n) is 7.11. The number of hydrogen-bond donors (Lipinski definition) is 2. The van der Waals surface area contributed by atoms with Gasteiger partial charge < -0.3 is 24.3 Å². The van der Waals surface area contributed by atoms with E-state index < -0.39 is 0 Å². The van der Waals surface area contributed by atoms with Gasteiger partial charge in [-0.05, 0) is 49.1 Å². The van der Waals surface area contributed by atoms with Gasteiger partial charge in [0.05, 0.1) is 12.2 Å². The maximum Gasteiger partial charge on any atom is 0.204 e. The summed E-state index contributed by atoms with van der Waals surface area (Å²) in [7, 11) is 0.